The molecule has 2 N–H and O–H groups in total. The van der Waals surface area contributed by atoms with E-state index in [2.05, 4.69) is 20.8 Å². The summed E-state index contributed by atoms with van der Waals surface area (Å²) in [6.45, 7) is -0.486. The van der Waals surface area contributed by atoms with E-state index in [0.29, 0.717) is 4.91 Å². The van der Waals surface area contributed by atoms with Crippen molar-refractivity contribution in [1.29, 1.82) is 0 Å². The Labute approximate surface area is 265 Å². The second kappa shape index (κ2) is 13.4. The van der Waals surface area contributed by atoms with Crippen LogP contribution in [0, 0.1) is 0 Å². The molecule has 0 spiro atoms. The third-order valence-corrected chi connectivity index (χ3v) is 9.60. The molecule has 2 aliphatic rings. The van der Waals surface area contributed by atoms with Gasteiger partial charge in [-0.25, -0.2) is 9.48 Å². The highest BCUT2D eigenvalue weighted by Gasteiger charge is 2.55. The van der Waals surface area contributed by atoms with Crippen molar-refractivity contribution in [3.63, 3.8) is 0 Å². The summed E-state index contributed by atoms with van der Waals surface area (Å²) in [6, 6.07) is 26.8. The van der Waals surface area contributed by atoms with Crippen LogP contribution in [0.25, 0.3) is 0 Å². The number of esters is 1. The molecule has 1 fully saturated rings. The van der Waals surface area contributed by atoms with Crippen LogP contribution in [0.3, 0.4) is 0 Å². The van der Waals surface area contributed by atoms with Gasteiger partial charge in [-0.1, -0.05) is 91.0 Å². The molecule has 0 bridgehead atoms. The maximum absolute atomic E-state index is 14.1. The molecule has 14 heteroatoms. The average Bonchev–Trinajstić information content (AvgIpc) is 3.48. The van der Waals surface area contributed by atoms with Gasteiger partial charge < -0.3 is 15.2 Å². The zero-order valence-corrected chi connectivity index (χ0v) is 25.2. The molecular formula is C31H26N6O6S2. The number of fused-ring (bicyclic) bond motifs is 1. The van der Waals surface area contributed by atoms with E-state index < -0.39 is 41.9 Å². The number of tetrazole rings is 1. The van der Waals surface area contributed by atoms with Crippen molar-refractivity contribution in [2.75, 3.05) is 5.75 Å². The SMILES string of the molecule is O=C(O)Cn1nnnc1SC1=C(C(=O)OC(c2ccccc2)c2ccccc2)N2C(=O)[C@@H](NC(=O)Cc3ccccc3)[C@H]2SC1. The lowest BCUT2D eigenvalue weighted by Crippen LogP contribution is -2.70. The van der Waals surface area contributed by atoms with E-state index in [9.17, 15) is 24.3 Å². The monoisotopic (exact) mass is 642 g/mol. The molecule has 0 unspecified atom stereocenters. The van der Waals surface area contributed by atoms with Crippen LogP contribution < -0.4 is 5.32 Å². The number of aromatic nitrogens is 4. The van der Waals surface area contributed by atoms with Crippen LogP contribution in [0.2, 0.25) is 0 Å². The first-order valence-electron chi connectivity index (χ1n) is 13.9. The van der Waals surface area contributed by atoms with Crippen LogP contribution in [0.4, 0.5) is 0 Å². The average molecular weight is 643 g/mol. The summed E-state index contributed by atoms with van der Waals surface area (Å²) in [7, 11) is 0. The maximum atomic E-state index is 14.1. The first-order valence-corrected chi connectivity index (χ1v) is 15.7. The number of rotatable bonds is 11. The minimum absolute atomic E-state index is 0.00375. The lowest BCUT2D eigenvalue weighted by molar-refractivity contribution is -0.154. The van der Waals surface area contributed by atoms with E-state index in [1.807, 2.05) is 91.0 Å². The number of benzene rings is 3. The molecule has 0 radical (unpaired) electrons. The molecule has 4 aromatic rings. The maximum Gasteiger partial charge on any atom is 0.356 e. The number of hydrogen-bond donors (Lipinski definition) is 2. The highest BCUT2D eigenvalue weighted by atomic mass is 32.2. The van der Waals surface area contributed by atoms with Crippen molar-refractivity contribution in [3.8, 4) is 0 Å². The summed E-state index contributed by atoms with van der Waals surface area (Å²) in [5.41, 5.74) is 2.29. The largest absolute Gasteiger partial charge is 0.480 e. The van der Waals surface area contributed by atoms with Crippen LogP contribution in [0.1, 0.15) is 22.8 Å². The van der Waals surface area contributed by atoms with Crippen LogP contribution in [0.5, 0.6) is 0 Å². The topological polar surface area (TPSA) is 157 Å². The molecule has 45 heavy (non-hydrogen) atoms. The molecule has 3 aromatic carbocycles. The number of carbonyl (C=O) groups is 4. The third kappa shape index (κ3) is 6.61. The number of thioether (sulfide) groups is 2. The van der Waals surface area contributed by atoms with E-state index in [1.54, 1.807) is 0 Å². The molecule has 1 aromatic heterocycles. The Balaban J connectivity index is 1.30. The smallest absolute Gasteiger partial charge is 0.356 e. The number of carbonyl (C=O) groups excluding carboxylic acids is 3. The zero-order chi connectivity index (χ0) is 31.3. The summed E-state index contributed by atoms with van der Waals surface area (Å²) in [4.78, 5) is 53.7. The first kappa shape index (κ1) is 30.1. The second-order valence-electron chi connectivity index (χ2n) is 10.1. The van der Waals surface area contributed by atoms with Crippen molar-refractivity contribution in [2.24, 2.45) is 0 Å². The Morgan fingerprint density at radius 2 is 1.60 bits per heavy atom. The lowest BCUT2D eigenvalue weighted by Gasteiger charge is -2.49. The van der Waals surface area contributed by atoms with E-state index in [-0.39, 0.29) is 28.9 Å². The number of carboxylic acid groups (broad SMARTS) is 1. The molecular weight excluding hydrogens is 617 g/mol. The number of ether oxygens (including phenoxy) is 1. The van der Waals surface area contributed by atoms with E-state index in [1.165, 1.54) is 16.7 Å². The number of nitrogens with one attached hydrogen (secondary N) is 1. The molecule has 6 rings (SSSR count). The van der Waals surface area contributed by atoms with Crippen molar-refractivity contribution in [1.82, 2.24) is 30.4 Å². The molecule has 0 aliphatic carbocycles. The van der Waals surface area contributed by atoms with Gasteiger partial charge in [0.2, 0.25) is 11.1 Å². The highest BCUT2D eigenvalue weighted by molar-refractivity contribution is 8.06. The second-order valence-corrected chi connectivity index (χ2v) is 12.3. The normalized spacial score (nSPS) is 17.4. The molecule has 3 heterocycles. The van der Waals surface area contributed by atoms with Crippen LogP contribution >= 0.6 is 23.5 Å². The van der Waals surface area contributed by atoms with Gasteiger partial charge in [0.15, 0.2) is 6.10 Å². The summed E-state index contributed by atoms with van der Waals surface area (Å²) in [5, 5.41) is 23.0. The molecule has 12 nitrogen and oxygen atoms in total. The number of carboxylic acids is 1. The Kier molecular flexibility index (Phi) is 8.93. The van der Waals surface area contributed by atoms with Gasteiger partial charge in [0.1, 0.15) is 23.7 Å². The highest BCUT2D eigenvalue weighted by Crippen LogP contribution is 2.45. The minimum Gasteiger partial charge on any atom is -0.480 e. The van der Waals surface area contributed by atoms with Gasteiger partial charge in [0.05, 0.1) is 6.42 Å². The van der Waals surface area contributed by atoms with Crippen molar-refractivity contribution < 1.29 is 29.0 Å². The lowest BCUT2D eigenvalue weighted by atomic mass is 10.0. The van der Waals surface area contributed by atoms with Crippen LogP contribution in [-0.2, 0) is 36.9 Å². The first-order chi connectivity index (χ1) is 21.9. The van der Waals surface area contributed by atoms with E-state index >= 15 is 0 Å². The van der Waals surface area contributed by atoms with Crippen LogP contribution in [0.15, 0.2) is 107 Å². The minimum atomic E-state index is -1.14. The number of amides is 2. The van der Waals surface area contributed by atoms with Crippen molar-refractivity contribution in [3.05, 3.63) is 118 Å². The summed E-state index contributed by atoms with van der Waals surface area (Å²) in [5.74, 6) is -2.40. The quantitative estimate of drug-likeness (QED) is 0.183. The van der Waals surface area contributed by atoms with Gasteiger partial charge in [-0.2, -0.15) is 0 Å². The summed E-state index contributed by atoms with van der Waals surface area (Å²) in [6.07, 6.45) is -0.669. The fourth-order valence-corrected chi connectivity index (χ4v) is 7.44. The standard InChI is InChI=1S/C31H26N6O6S2/c38-23(16-19-10-4-1-5-11-19)32-25-28(41)37-26(22(18-44-29(25)37)45-31-33-34-35-36(31)17-24(39)40)30(42)43-27(20-12-6-2-7-13-20)21-14-8-3-9-15-21/h1-15,25,27,29H,16-18H2,(H,32,38)(H,39,40)/t25-,29-/m1/s1. The van der Waals surface area contributed by atoms with Gasteiger partial charge in [-0.05, 0) is 38.9 Å². The Morgan fingerprint density at radius 1 is 0.978 bits per heavy atom. The molecule has 2 aliphatic heterocycles. The van der Waals surface area contributed by atoms with Gasteiger partial charge in [0.25, 0.3) is 5.91 Å². The third-order valence-electron chi connectivity index (χ3n) is 7.08. The molecule has 1 saturated heterocycles. The predicted molar refractivity (Wildman–Crippen MR) is 164 cm³/mol. The number of aliphatic carboxylic acids is 1. The number of nitrogens with zero attached hydrogens (tertiary/aromatic N) is 5. The van der Waals surface area contributed by atoms with Crippen molar-refractivity contribution in [2.45, 2.75) is 35.6 Å². The van der Waals surface area contributed by atoms with Gasteiger partial charge >= 0.3 is 11.9 Å². The van der Waals surface area contributed by atoms with Gasteiger partial charge in [0, 0.05) is 10.7 Å². The number of β-lactam (4-membered cyclic amide) rings is 1. The zero-order valence-electron chi connectivity index (χ0n) is 23.6. The molecule has 0 saturated carbocycles. The fourth-order valence-electron chi connectivity index (χ4n) is 5.02. The Morgan fingerprint density at radius 3 is 2.22 bits per heavy atom. The Hall–Kier alpha value is -4.95. The molecule has 228 valence electrons. The van der Waals surface area contributed by atoms with Crippen molar-refractivity contribution >= 4 is 47.3 Å². The van der Waals surface area contributed by atoms with E-state index in [4.69, 9.17) is 4.74 Å². The van der Waals surface area contributed by atoms with Gasteiger partial charge in [-0.15, -0.1) is 16.9 Å². The summed E-state index contributed by atoms with van der Waals surface area (Å²) < 4.78 is 7.25. The fraction of sp³-hybridized carbons (Fsp3) is 0.194. The number of hydrogen-bond acceptors (Lipinski definition) is 10. The predicted octanol–water partition coefficient (Wildman–Crippen LogP) is 3.04. The molecule has 2 amide bonds. The molecule has 2 atom stereocenters. The summed E-state index contributed by atoms with van der Waals surface area (Å²) >= 11 is 2.36. The van der Waals surface area contributed by atoms with Gasteiger partial charge in [-0.3, -0.25) is 19.3 Å². The van der Waals surface area contributed by atoms with Crippen LogP contribution in [-0.4, -0.2) is 71.1 Å². The van der Waals surface area contributed by atoms with E-state index in [0.717, 1.165) is 33.1 Å². The Bertz CT molecular complexity index is 1710.